The maximum atomic E-state index is 12.0. The summed E-state index contributed by atoms with van der Waals surface area (Å²) in [4.78, 5) is 14.2. The molecule has 1 aromatic rings. The van der Waals surface area contributed by atoms with E-state index in [1.54, 1.807) is 16.3 Å². The number of rotatable bonds is 1. The summed E-state index contributed by atoms with van der Waals surface area (Å²) in [6, 6.07) is 3.71. The number of hydrogen-bond donors (Lipinski definition) is 1. The van der Waals surface area contributed by atoms with Crippen LogP contribution in [0.15, 0.2) is 11.4 Å². The zero-order valence-corrected chi connectivity index (χ0v) is 9.37. The van der Waals surface area contributed by atoms with Gasteiger partial charge in [-0.15, -0.1) is 11.3 Å². The van der Waals surface area contributed by atoms with Crippen molar-refractivity contribution in [3.63, 3.8) is 0 Å². The van der Waals surface area contributed by atoms with Crippen molar-refractivity contribution in [1.29, 1.82) is 5.26 Å². The van der Waals surface area contributed by atoms with Crippen molar-refractivity contribution in [2.24, 2.45) is 0 Å². The number of nitrogens with two attached hydrogens (primary N) is 1. The summed E-state index contributed by atoms with van der Waals surface area (Å²) in [5, 5.41) is 10.5. The van der Waals surface area contributed by atoms with Crippen LogP contribution in [0.4, 0.5) is 5.69 Å². The number of ether oxygens (including phenoxy) is 1. The highest BCUT2D eigenvalue weighted by atomic mass is 32.1. The minimum absolute atomic E-state index is 0.115. The lowest BCUT2D eigenvalue weighted by Gasteiger charge is -2.29. The molecule has 1 unspecified atom stereocenters. The second-order valence-corrected chi connectivity index (χ2v) is 4.36. The Labute approximate surface area is 97.0 Å². The normalized spacial score (nSPS) is 20.4. The third-order valence-corrected chi connectivity index (χ3v) is 3.31. The average Bonchev–Trinajstić information content (AvgIpc) is 2.74. The molecule has 0 radical (unpaired) electrons. The molecule has 1 aliphatic heterocycles. The molecule has 1 aromatic heterocycles. The Morgan fingerprint density at radius 2 is 2.56 bits per heavy atom. The predicted octanol–water partition coefficient (Wildman–Crippen LogP) is 0.695. The highest BCUT2D eigenvalue weighted by Gasteiger charge is 2.26. The van der Waals surface area contributed by atoms with E-state index in [2.05, 4.69) is 0 Å². The first-order chi connectivity index (χ1) is 7.72. The van der Waals surface area contributed by atoms with E-state index in [0.717, 1.165) is 0 Å². The van der Waals surface area contributed by atoms with Gasteiger partial charge in [0.2, 0.25) is 0 Å². The van der Waals surface area contributed by atoms with Crippen LogP contribution >= 0.6 is 11.3 Å². The number of thiophene rings is 1. The van der Waals surface area contributed by atoms with Gasteiger partial charge in [0.1, 0.15) is 4.88 Å². The largest absolute Gasteiger partial charge is 0.397 e. The maximum Gasteiger partial charge on any atom is 0.266 e. The van der Waals surface area contributed by atoms with Gasteiger partial charge in [-0.1, -0.05) is 0 Å². The Hall–Kier alpha value is -1.58. The fourth-order valence-electron chi connectivity index (χ4n) is 1.55. The Bertz CT molecular complexity index is 438. The Balaban J connectivity index is 2.11. The number of hydrogen-bond acceptors (Lipinski definition) is 5. The first-order valence-electron chi connectivity index (χ1n) is 4.86. The molecule has 2 N–H and O–H groups in total. The van der Waals surface area contributed by atoms with Gasteiger partial charge in [-0.25, -0.2) is 0 Å². The van der Waals surface area contributed by atoms with Gasteiger partial charge in [-0.2, -0.15) is 5.26 Å². The summed E-state index contributed by atoms with van der Waals surface area (Å²) >= 11 is 1.32. The molecule has 6 heteroatoms. The van der Waals surface area contributed by atoms with Crippen LogP contribution in [-0.2, 0) is 4.74 Å². The van der Waals surface area contributed by atoms with Crippen molar-refractivity contribution in [2.45, 2.75) is 6.10 Å². The molecular formula is C10H11N3O2S. The Morgan fingerprint density at radius 3 is 3.19 bits per heavy atom. The third-order valence-electron chi connectivity index (χ3n) is 2.39. The first-order valence-corrected chi connectivity index (χ1v) is 5.74. The number of carbonyl (C=O) groups is 1. The van der Waals surface area contributed by atoms with Crippen LogP contribution in [0, 0.1) is 11.3 Å². The van der Waals surface area contributed by atoms with Crippen molar-refractivity contribution in [3.05, 3.63) is 16.3 Å². The first kappa shape index (κ1) is 10.9. The topological polar surface area (TPSA) is 79.4 Å². The summed E-state index contributed by atoms with van der Waals surface area (Å²) in [7, 11) is 0. The van der Waals surface area contributed by atoms with E-state index in [-0.39, 0.29) is 5.91 Å². The summed E-state index contributed by atoms with van der Waals surface area (Å²) in [5.41, 5.74) is 6.18. The minimum atomic E-state index is -0.529. The van der Waals surface area contributed by atoms with Crippen molar-refractivity contribution in [2.75, 3.05) is 25.4 Å². The van der Waals surface area contributed by atoms with Crippen LogP contribution in [0.25, 0.3) is 0 Å². The van der Waals surface area contributed by atoms with Crippen LogP contribution in [0.3, 0.4) is 0 Å². The Morgan fingerprint density at radius 1 is 1.75 bits per heavy atom. The molecule has 0 saturated carbocycles. The maximum absolute atomic E-state index is 12.0. The minimum Gasteiger partial charge on any atom is -0.397 e. The van der Waals surface area contributed by atoms with E-state index in [1.165, 1.54) is 11.3 Å². The highest BCUT2D eigenvalue weighted by molar-refractivity contribution is 7.12. The summed E-state index contributed by atoms with van der Waals surface area (Å²) in [6.07, 6.45) is -0.529. The van der Waals surface area contributed by atoms with Crippen LogP contribution in [0.1, 0.15) is 9.67 Å². The fraction of sp³-hybridized carbons (Fsp3) is 0.400. The summed E-state index contributed by atoms with van der Waals surface area (Å²) in [6.45, 7) is 1.22. The smallest absolute Gasteiger partial charge is 0.266 e. The van der Waals surface area contributed by atoms with E-state index < -0.39 is 6.10 Å². The van der Waals surface area contributed by atoms with Gasteiger partial charge in [0, 0.05) is 6.54 Å². The lowest BCUT2D eigenvalue weighted by Crippen LogP contribution is -2.45. The van der Waals surface area contributed by atoms with Crippen molar-refractivity contribution in [3.8, 4) is 6.07 Å². The number of nitriles is 1. The molecule has 1 aliphatic rings. The summed E-state index contributed by atoms with van der Waals surface area (Å²) in [5.74, 6) is -0.115. The molecule has 5 nitrogen and oxygen atoms in total. The highest BCUT2D eigenvalue weighted by Crippen LogP contribution is 2.21. The lowest BCUT2D eigenvalue weighted by molar-refractivity contribution is 0.00374. The molecule has 16 heavy (non-hydrogen) atoms. The molecule has 2 heterocycles. The van der Waals surface area contributed by atoms with E-state index in [1.807, 2.05) is 6.07 Å². The molecular weight excluding hydrogens is 226 g/mol. The summed E-state index contributed by atoms with van der Waals surface area (Å²) < 4.78 is 5.17. The second-order valence-electron chi connectivity index (χ2n) is 3.44. The van der Waals surface area contributed by atoms with Gasteiger partial charge in [0.15, 0.2) is 6.10 Å². The van der Waals surface area contributed by atoms with Gasteiger partial charge in [0.25, 0.3) is 5.91 Å². The molecule has 1 fully saturated rings. The van der Waals surface area contributed by atoms with Crippen LogP contribution in [0.2, 0.25) is 0 Å². The van der Waals surface area contributed by atoms with E-state index in [0.29, 0.717) is 30.3 Å². The molecule has 0 aromatic carbocycles. The van der Waals surface area contributed by atoms with E-state index >= 15 is 0 Å². The Kier molecular flexibility index (Phi) is 3.08. The lowest BCUT2D eigenvalue weighted by atomic mass is 10.2. The van der Waals surface area contributed by atoms with Gasteiger partial charge in [-0.3, -0.25) is 4.79 Å². The zero-order valence-electron chi connectivity index (χ0n) is 8.55. The van der Waals surface area contributed by atoms with Gasteiger partial charge in [-0.05, 0) is 11.4 Å². The quantitative estimate of drug-likeness (QED) is 0.779. The average molecular weight is 237 g/mol. The van der Waals surface area contributed by atoms with Crippen molar-refractivity contribution in [1.82, 2.24) is 4.90 Å². The molecule has 0 spiro atoms. The van der Waals surface area contributed by atoms with Gasteiger partial charge >= 0.3 is 0 Å². The molecule has 2 rings (SSSR count). The standard InChI is InChI=1S/C10H11N3O2S/c11-5-7-6-13(2-3-15-7)10(14)9-8(12)1-4-16-9/h1,4,7H,2-3,6,12H2. The number of nitrogens with zero attached hydrogens (tertiary/aromatic N) is 2. The monoisotopic (exact) mass is 237 g/mol. The van der Waals surface area contributed by atoms with Gasteiger partial charge in [0.05, 0.1) is 24.9 Å². The molecule has 1 atom stereocenters. The van der Waals surface area contributed by atoms with Crippen LogP contribution < -0.4 is 5.73 Å². The molecule has 0 aliphatic carbocycles. The van der Waals surface area contributed by atoms with Crippen molar-refractivity contribution >= 4 is 22.9 Å². The molecule has 0 bridgehead atoms. The zero-order chi connectivity index (χ0) is 11.5. The SMILES string of the molecule is N#CC1CN(C(=O)c2sccc2N)CCO1. The van der Waals surface area contributed by atoms with E-state index in [9.17, 15) is 4.79 Å². The van der Waals surface area contributed by atoms with E-state index in [4.69, 9.17) is 15.7 Å². The van der Waals surface area contributed by atoms with Crippen LogP contribution in [0.5, 0.6) is 0 Å². The fourth-order valence-corrected chi connectivity index (χ4v) is 2.33. The molecule has 84 valence electrons. The molecule has 1 amide bonds. The van der Waals surface area contributed by atoms with Crippen LogP contribution in [-0.4, -0.2) is 36.6 Å². The number of anilines is 1. The number of nitrogen functional groups attached to an aromatic ring is 1. The van der Waals surface area contributed by atoms with Crippen molar-refractivity contribution < 1.29 is 9.53 Å². The second kappa shape index (κ2) is 4.51. The number of carbonyl (C=O) groups excluding carboxylic acids is 1. The predicted molar refractivity (Wildman–Crippen MR) is 60.0 cm³/mol. The van der Waals surface area contributed by atoms with Gasteiger partial charge < -0.3 is 15.4 Å². The number of morpholine rings is 1. The number of amides is 1. The third kappa shape index (κ3) is 2.01. The molecule has 1 saturated heterocycles.